The van der Waals surface area contributed by atoms with Gasteiger partial charge >= 0.3 is 6.68 Å². The molecule has 0 aromatic carbocycles. The van der Waals surface area contributed by atoms with Crippen LogP contribution in [0, 0.1) is 2.88 Å². The van der Waals surface area contributed by atoms with E-state index in [1.165, 1.54) is 2.88 Å². The second kappa shape index (κ2) is 5.96. The van der Waals surface area contributed by atoms with Crippen LogP contribution in [0.15, 0.2) is 17.5 Å². The number of alkyl halides is 3. The fraction of sp³-hybridized carbons (Fsp3) is 0.200. The third-order valence-corrected chi connectivity index (χ3v) is 2.26. The summed E-state index contributed by atoms with van der Waals surface area (Å²) in [6.07, 6.45) is 0. The lowest BCUT2D eigenvalue weighted by molar-refractivity contribution is 0.00819. The molecule has 1 heterocycles. The maximum Gasteiger partial charge on any atom is 0.379 e. The first-order valence-corrected chi connectivity index (χ1v) is 4.20. The van der Waals surface area contributed by atoms with Crippen molar-refractivity contribution in [3.05, 3.63) is 20.4 Å². The number of thiophene rings is 1. The minimum Gasteiger partial charge on any atom is -0.174 e. The summed E-state index contributed by atoms with van der Waals surface area (Å²) in [6.45, 7) is -3.67. The molecule has 0 fully saturated rings. The predicted octanol–water partition coefficient (Wildman–Crippen LogP) is 3.53. The topological polar surface area (TPSA) is 0 Å². The van der Waals surface area contributed by atoms with Crippen molar-refractivity contribution in [2.24, 2.45) is 0 Å². The second-order valence-electron chi connectivity index (χ2n) is 1.16. The molecular weight excluding hydrogens is 276 g/mol. The Labute approximate surface area is 74.2 Å². The van der Waals surface area contributed by atoms with Crippen LogP contribution in [-0.2, 0) is 0 Å². The minimum atomic E-state index is -3.67. The van der Waals surface area contributed by atoms with Gasteiger partial charge in [-0.1, -0.05) is 6.07 Å². The van der Waals surface area contributed by atoms with E-state index >= 15 is 0 Å². The third-order valence-electron chi connectivity index (χ3n) is 0.486. The predicted molar refractivity (Wildman–Crippen MR) is 44.1 cm³/mol. The third kappa shape index (κ3) is 8.22. The molecule has 0 amide bonds. The van der Waals surface area contributed by atoms with Crippen LogP contribution in [0.2, 0.25) is 0 Å². The van der Waals surface area contributed by atoms with Crippen molar-refractivity contribution in [2.75, 3.05) is 0 Å². The lowest BCUT2D eigenvalue weighted by Gasteiger charge is -1.65. The summed E-state index contributed by atoms with van der Waals surface area (Å²) in [5, 5.41) is 2.07. The van der Waals surface area contributed by atoms with Gasteiger partial charge in [-0.2, -0.15) is 13.2 Å². The molecule has 1 rings (SSSR count). The number of hydrogen-bond donors (Lipinski definition) is 0. The van der Waals surface area contributed by atoms with Gasteiger partial charge < -0.3 is 0 Å². The Bertz CT molecular complexity index is 149. The van der Waals surface area contributed by atoms with Crippen LogP contribution in [0.3, 0.4) is 0 Å². The normalized spacial score (nSPS) is 8.90. The van der Waals surface area contributed by atoms with Crippen LogP contribution >= 0.6 is 33.9 Å². The molecule has 0 bridgehead atoms. The molecule has 1 aromatic heterocycles. The lowest BCUT2D eigenvalue weighted by atomic mass is 10.7. The zero-order valence-corrected chi connectivity index (χ0v) is 7.70. The maximum absolute atomic E-state index is 9.67. The molecule has 0 saturated heterocycles. The SMILES string of the molecule is FC(F)F.Ic1cccs1. The lowest BCUT2D eigenvalue weighted by Crippen LogP contribution is -1.65. The van der Waals surface area contributed by atoms with E-state index in [1.54, 1.807) is 11.3 Å². The second-order valence-corrected chi connectivity index (χ2v) is 4.01. The number of halogens is 4. The fourth-order valence-corrected chi connectivity index (χ4v) is 1.35. The Hall–Kier alpha value is 0.220. The monoisotopic (exact) mass is 280 g/mol. The smallest absolute Gasteiger partial charge is 0.174 e. The summed E-state index contributed by atoms with van der Waals surface area (Å²) in [7, 11) is 0. The van der Waals surface area contributed by atoms with E-state index in [0.717, 1.165) is 0 Å². The molecule has 0 N–H and O–H groups in total. The number of hydrogen-bond acceptors (Lipinski definition) is 1. The molecule has 0 aliphatic rings. The van der Waals surface area contributed by atoms with E-state index < -0.39 is 6.68 Å². The zero-order valence-electron chi connectivity index (χ0n) is 4.73. The summed E-state index contributed by atoms with van der Waals surface area (Å²) >= 11 is 4.06. The highest BCUT2D eigenvalue weighted by molar-refractivity contribution is 14.1. The molecule has 0 aliphatic carbocycles. The van der Waals surface area contributed by atoms with Gasteiger partial charge in [-0.25, -0.2) is 0 Å². The summed E-state index contributed by atoms with van der Waals surface area (Å²) in [5.74, 6) is 0. The molecule has 10 heavy (non-hydrogen) atoms. The quantitative estimate of drug-likeness (QED) is 0.638. The largest absolute Gasteiger partial charge is 0.379 e. The standard InChI is InChI=1S/C4H3IS.CHF3/c5-4-2-1-3-6-4;2-1(3)4/h1-3H;1H. The van der Waals surface area contributed by atoms with Gasteiger partial charge in [0.25, 0.3) is 0 Å². The fourth-order valence-electron chi connectivity index (χ4n) is 0.259. The highest BCUT2D eigenvalue weighted by Crippen LogP contribution is 2.09. The molecule has 1 aromatic rings. The average Bonchev–Trinajstić information content (AvgIpc) is 2.15. The zero-order chi connectivity index (χ0) is 7.98. The van der Waals surface area contributed by atoms with Crippen LogP contribution in [0.5, 0.6) is 0 Å². The first-order chi connectivity index (χ1) is 4.63. The summed E-state index contributed by atoms with van der Waals surface area (Å²) in [4.78, 5) is 0. The Morgan fingerprint density at radius 2 is 1.90 bits per heavy atom. The molecular formula is C5H4F3IS. The van der Waals surface area contributed by atoms with Crippen molar-refractivity contribution in [1.82, 2.24) is 0 Å². The molecule has 0 unspecified atom stereocenters. The number of rotatable bonds is 0. The molecule has 0 atom stereocenters. The first kappa shape index (κ1) is 10.2. The van der Waals surface area contributed by atoms with E-state index in [4.69, 9.17) is 0 Å². The van der Waals surface area contributed by atoms with Crippen LogP contribution in [0.25, 0.3) is 0 Å². The van der Waals surface area contributed by atoms with Crippen molar-refractivity contribution < 1.29 is 13.2 Å². The molecule has 0 nitrogen and oxygen atoms in total. The molecule has 58 valence electrons. The molecule has 0 radical (unpaired) electrons. The van der Waals surface area contributed by atoms with Gasteiger partial charge in [-0.05, 0) is 34.0 Å². The van der Waals surface area contributed by atoms with Crippen LogP contribution in [0.1, 0.15) is 0 Å². The van der Waals surface area contributed by atoms with Crippen LogP contribution in [-0.4, -0.2) is 6.68 Å². The van der Waals surface area contributed by atoms with Crippen molar-refractivity contribution in [3.63, 3.8) is 0 Å². The van der Waals surface area contributed by atoms with E-state index in [0.29, 0.717) is 0 Å². The Kier molecular flexibility index (Phi) is 6.10. The summed E-state index contributed by atoms with van der Waals surface area (Å²) < 4.78 is 30.4. The highest BCUT2D eigenvalue weighted by Gasteiger charge is 1.86. The molecule has 0 aliphatic heterocycles. The van der Waals surface area contributed by atoms with Crippen molar-refractivity contribution in [3.8, 4) is 0 Å². The van der Waals surface area contributed by atoms with Crippen molar-refractivity contribution in [1.29, 1.82) is 0 Å². The van der Waals surface area contributed by atoms with Gasteiger partial charge in [-0.3, -0.25) is 0 Å². The van der Waals surface area contributed by atoms with E-state index in [-0.39, 0.29) is 0 Å². The maximum atomic E-state index is 9.67. The van der Waals surface area contributed by atoms with Gasteiger partial charge in [0, 0.05) is 0 Å². The summed E-state index contributed by atoms with van der Waals surface area (Å²) in [5.41, 5.74) is 0. The molecule has 0 saturated carbocycles. The van der Waals surface area contributed by atoms with E-state index in [9.17, 15) is 13.2 Å². The van der Waals surface area contributed by atoms with E-state index in [2.05, 4.69) is 34.0 Å². The van der Waals surface area contributed by atoms with Gasteiger partial charge in [0.2, 0.25) is 0 Å². The molecule has 0 spiro atoms. The Morgan fingerprint density at radius 3 is 2.00 bits per heavy atom. The van der Waals surface area contributed by atoms with Crippen LogP contribution in [0.4, 0.5) is 13.2 Å². The van der Waals surface area contributed by atoms with Crippen LogP contribution < -0.4 is 0 Å². The highest BCUT2D eigenvalue weighted by atomic mass is 127. The minimum absolute atomic E-state index is 1.35. The van der Waals surface area contributed by atoms with Gasteiger partial charge in [-0.15, -0.1) is 11.3 Å². The van der Waals surface area contributed by atoms with Crippen molar-refractivity contribution >= 4 is 33.9 Å². The van der Waals surface area contributed by atoms with Gasteiger partial charge in [0.05, 0.1) is 2.88 Å². The molecule has 5 heteroatoms. The average molecular weight is 280 g/mol. The van der Waals surface area contributed by atoms with Gasteiger partial charge in [0.15, 0.2) is 0 Å². The van der Waals surface area contributed by atoms with Gasteiger partial charge in [0.1, 0.15) is 0 Å². The van der Waals surface area contributed by atoms with Crippen molar-refractivity contribution in [2.45, 2.75) is 6.68 Å². The Morgan fingerprint density at radius 1 is 1.40 bits per heavy atom. The van der Waals surface area contributed by atoms with E-state index in [1.807, 2.05) is 6.07 Å². The first-order valence-electron chi connectivity index (χ1n) is 2.24. The summed E-state index contributed by atoms with van der Waals surface area (Å²) in [6, 6.07) is 4.14. The Balaban J connectivity index is 0.000000180.